The summed E-state index contributed by atoms with van der Waals surface area (Å²) >= 11 is 0. The zero-order valence-electron chi connectivity index (χ0n) is 17.5. The summed E-state index contributed by atoms with van der Waals surface area (Å²) in [6, 6.07) is 9.09. The molecule has 0 bridgehead atoms. The maximum absolute atomic E-state index is 12.9. The first kappa shape index (κ1) is 22.0. The van der Waals surface area contributed by atoms with Crippen molar-refractivity contribution >= 4 is 21.8 Å². The molecule has 9 heteroatoms. The van der Waals surface area contributed by atoms with Crippen LogP contribution < -0.4 is 11.1 Å². The van der Waals surface area contributed by atoms with Crippen molar-refractivity contribution in [2.45, 2.75) is 37.6 Å². The number of hydrogen-bond acceptors (Lipinski definition) is 4. The average Bonchev–Trinajstić information content (AvgIpc) is 3.11. The van der Waals surface area contributed by atoms with Crippen LogP contribution in [0.3, 0.4) is 0 Å². The number of nitrogens with two attached hydrogens (primary N) is 1. The Balaban J connectivity index is 1.62. The number of carbonyl (C=O) groups is 2. The first-order valence-electron chi connectivity index (χ1n) is 9.93. The molecule has 162 valence electrons. The number of aromatic nitrogens is 1. The Morgan fingerprint density at radius 2 is 1.83 bits per heavy atom. The topological polar surface area (TPSA) is 114 Å². The number of aryl methyl sites for hydroxylation is 2. The van der Waals surface area contributed by atoms with Crippen LogP contribution in [0.25, 0.3) is 0 Å². The lowest BCUT2D eigenvalue weighted by atomic mass is 9.96. The molecule has 1 aliphatic rings. The largest absolute Gasteiger partial charge is 0.364 e. The number of amides is 2. The fourth-order valence-electron chi connectivity index (χ4n) is 3.91. The van der Waals surface area contributed by atoms with Crippen LogP contribution in [-0.2, 0) is 21.9 Å². The van der Waals surface area contributed by atoms with Gasteiger partial charge >= 0.3 is 0 Å². The molecule has 1 aromatic heterocycles. The smallest absolute Gasteiger partial charge is 0.265 e. The lowest BCUT2D eigenvalue weighted by Crippen LogP contribution is -2.43. The van der Waals surface area contributed by atoms with Crippen molar-refractivity contribution in [3.63, 3.8) is 0 Å². The second kappa shape index (κ2) is 8.61. The zero-order valence-corrected chi connectivity index (χ0v) is 18.3. The molecule has 2 aromatic rings. The van der Waals surface area contributed by atoms with Crippen molar-refractivity contribution in [2.24, 2.45) is 18.7 Å². The molecule has 1 aromatic carbocycles. The summed E-state index contributed by atoms with van der Waals surface area (Å²) in [5.74, 6) is -0.976. The Hall–Kier alpha value is -2.65. The molecule has 2 amide bonds. The number of rotatable bonds is 6. The van der Waals surface area contributed by atoms with Crippen LogP contribution in [0.2, 0.25) is 0 Å². The van der Waals surface area contributed by atoms with E-state index in [1.807, 2.05) is 38.1 Å². The molecular formula is C21H28N4O4S. The van der Waals surface area contributed by atoms with Gasteiger partial charge in [0.05, 0.1) is 6.04 Å². The van der Waals surface area contributed by atoms with Gasteiger partial charge in [0.1, 0.15) is 10.6 Å². The summed E-state index contributed by atoms with van der Waals surface area (Å²) in [7, 11) is -2.17. The Morgan fingerprint density at radius 3 is 2.40 bits per heavy atom. The third kappa shape index (κ3) is 4.41. The van der Waals surface area contributed by atoms with E-state index < -0.39 is 15.9 Å². The van der Waals surface area contributed by atoms with E-state index in [2.05, 4.69) is 5.32 Å². The number of piperidine rings is 1. The van der Waals surface area contributed by atoms with E-state index in [1.54, 1.807) is 7.05 Å². The molecule has 8 nitrogen and oxygen atoms in total. The van der Waals surface area contributed by atoms with E-state index in [9.17, 15) is 18.0 Å². The number of hydrogen-bond donors (Lipinski definition) is 2. The Labute approximate surface area is 177 Å². The maximum atomic E-state index is 12.9. The minimum absolute atomic E-state index is 0.0369. The lowest BCUT2D eigenvalue weighted by Gasteiger charge is -2.31. The van der Waals surface area contributed by atoms with Gasteiger partial charge in [-0.3, -0.25) is 9.59 Å². The highest BCUT2D eigenvalue weighted by Crippen LogP contribution is 2.26. The van der Waals surface area contributed by atoms with Crippen LogP contribution in [0.4, 0.5) is 0 Å². The highest BCUT2D eigenvalue weighted by Gasteiger charge is 2.33. The van der Waals surface area contributed by atoms with Crippen LogP contribution in [0, 0.1) is 12.8 Å². The fourth-order valence-corrected chi connectivity index (χ4v) is 5.45. The van der Waals surface area contributed by atoms with Crippen LogP contribution in [0.5, 0.6) is 0 Å². The molecule has 3 rings (SSSR count). The van der Waals surface area contributed by atoms with Gasteiger partial charge in [-0.2, -0.15) is 4.31 Å². The molecule has 2 heterocycles. The summed E-state index contributed by atoms with van der Waals surface area (Å²) in [5, 5.41) is 3.05. The number of nitrogens with one attached hydrogen (secondary N) is 1. The van der Waals surface area contributed by atoms with Gasteiger partial charge in [-0.1, -0.05) is 24.3 Å². The van der Waals surface area contributed by atoms with Crippen molar-refractivity contribution in [1.29, 1.82) is 0 Å². The van der Waals surface area contributed by atoms with E-state index in [4.69, 9.17) is 5.73 Å². The fraction of sp³-hybridized carbons (Fsp3) is 0.429. The van der Waals surface area contributed by atoms with Crippen LogP contribution in [0.15, 0.2) is 41.4 Å². The van der Waals surface area contributed by atoms with Crippen molar-refractivity contribution in [3.05, 3.63) is 53.3 Å². The molecule has 1 aliphatic heterocycles. The standard InChI is InChI=1S/C21H28N4O4S/c1-14-6-4-5-7-18(14)15(2)23-21(27)16-8-10-25(11-9-16)30(28,29)17-12-19(20(22)26)24(3)13-17/h4-7,12-13,15-16H,8-11H2,1-3H3,(H2,22,26)(H,23,27)/t15-/m1/s1. The first-order valence-corrected chi connectivity index (χ1v) is 11.4. The molecule has 1 fully saturated rings. The van der Waals surface area contributed by atoms with Crippen LogP contribution >= 0.6 is 0 Å². The molecule has 0 unspecified atom stereocenters. The number of primary amides is 1. The molecule has 0 radical (unpaired) electrons. The molecule has 1 atom stereocenters. The van der Waals surface area contributed by atoms with Gasteiger partial charge in [-0.15, -0.1) is 0 Å². The SMILES string of the molecule is Cc1ccccc1[C@@H](C)NC(=O)C1CCN(S(=O)(=O)c2cc(C(N)=O)n(C)c2)CC1. The Bertz CT molecular complexity index is 1050. The molecule has 0 saturated carbocycles. The maximum Gasteiger partial charge on any atom is 0.265 e. The second-order valence-electron chi connectivity index (χ2n) is 7.80. The van der Waals surface area contributed by atoms with Crippen molar-refractivity contribution in [3.8, 4) is 0 Å². The van der Waals surface area contributed by atoms with Gasteiger partial charge in [-0.25, -0.2) is 8.42 Å². The average molecular weight is 433 g/mol. The van der Waals surface area contributed by atoms with Crippen LogP contribution in [0.1, 0.15) is 47.4 Å². The van der Waals surface area contributed by atoms with Crippen LogP contribution in [-0.4, -0.2) is 42.2 Å². The van der Waals surface area contributed by atoms with Crippen molar-refractivity contribution in [1.82, 2.24) is 14.2 Å². The Kier molecular flexibility index (Phi) is 6.33. The molecule has 30 heavy (non-hydrogen) atoms. The molecule has 0 spiro atoms. The molecule has 0 aliphatic carbocycles. The van der Waals surface area contributed by atoms with Gasteiger partial charge in [0, 0.05) is 32.3 Å². The van der Waals surface area contributed by atoms with Gasteiger partial charge in [0.25, 0.3) is 5.91 Å². The second-order valence-corrected chi connectivity index (χ2v) is 9.74. The normalized spacial score (nSPS) is 16.9. The number of sulfonamides is 1. The van der Waals surface area contributed by atoms with Crippen molar-refractivity contribution < 1.29 is 18.0 Å². The number of nitrogens with zero attached hydrogens (tertiary/aromatic N) is 2. The Morgan fingerprint density at radius 1 is 1.20 bits per heavy atom. The van der Waals surface area contributed by atoms with Gasteiger partial charge < -0.3 is 15.6 Å². The van der Waals surface area contributed by atoms with Gasteiger partial charge in [-0.05, 0) is 43.9 Å². The quantitative estimate of drug-likeness (QED) is 0.723. The van der Waals surface area contributed by atoms with E-state index in [1.165, 1.54) is 21.1 Å². The summed E-state index contributed by atoms with van der Waals surface area (Å²) < 4.78 is 28.6. The van der Waals surface area contributed by atoms with E-state index in [-0.39, 0.29) is 41.5 Å². The third-order valence-corrected chi connectivity index (χ3v) is 7.57. The summed E-state index contributed by atoms with van der Waals surface area (Å²) in [6.07, 6.45) is 2.28. The summed E-state index contributed by atoms with van der Waals surface area (Å²) in [5.41, 5.74) is 7.60. The monoisotopic (exact) mass is 432 g/mol. The molecule has 1 saturated heterocycles. The zero-order chi connectivity index (χ0) is 22.1. The van der Waals surface area contributed by atoms with Gasteiger partial charge in [0.2, 0.25) is 15.9 Å². The van der Waals surface area contributed by atoms with Gasteiger partial charge in [0.15, 0.2) is 0 Å². The first-order chi connectivity index (χ1) is 14.1. The predicted octanol–water partition coefficient (Wildman–Crippen LogP) is 1.71. The minimum atomic E-state index is -3.74. The van der Waals surface area contributed by atoms with E-state index >= 15 is 0 Å². The molecular weight excluding hydrogens is 404 g/mol. The minimum Gasteiger partial charge on any atom is -0.364 e. The van der Waals surface area contributed by atoms with E-state index in [0.29, 0.717) is 12.8 Å². The summed E-state index contributed by atoms with van der Waals surface area (Å²) in [6.45, 7) is 4.46. The highest BCUT2D eigenvalue weighted by molar-refractivity contribution is 7.89. The van der Waals surface area contributed by atoms with E-state index in [0.717, 1.165) is 11.1 Å². The third-order valence-electron chi connectivity index (χ3n) is 5.71. The number of carbonyl (C=O) groups excluding carboxylic acids is 2. The summed E-state index contributed by atoms with van der Waals surface area (Å²) in [4.78, 5) is 24.2. The number of benzene rings is 1. The van der Waals surface area contributed by atoms with Crippen molar-refractivity contribution in [2.75, 3.05) is 13.1 Å². The molecule has 3 N–H and O–H groups in total. The lowest BCUT2D eigenvalue weighted by molar-refractivity contribution is -0.126. The highest BCUT2D eigenvalue weighted by atomic mass is 32.2. The predicted molar refractivity (Wildman–Crippen MR) is 113 cm³/mol.